The predicted molar refractivity (Wildman–Crippen MR) is 113 cm³/mol. The molecule has 1 aromatic carbocycles. The Hall–Kier alpha value is -2.81. The molecule has 0 aliphatic heterocycles. The van der Waals surface area contributed by atoms with Gasteiger partial charge in [-0.15, -0.1) is 0 Å². The van der Waals surface area contributed by atoms with E-state index in [9.17, 15) is 14.9 Å². The van der Waals surface area contributed by atoms with Gasteiger partial charge in [-0.3, -0.25) is 4.79 Å². The summed E-state index contributed by atoms with van der Waals surface area (Å²) in [5.41, 5.74) is 0.632. The molecule has 2 rings (SSSR count). The minimum absolute atomic E-state index is 0.0168. The fraction of sp³-hybridized carbons (Fsp3) is 0.522. The van der Waals surface area contributed by atoms with E-state index in [1.807, 2.05) is 6.07 Å². The van der Waals surface area contributed by atoms with Gasteiger partial charge in [0.1, 0.15) is 11.6 Å². The van der Waals surface area contributed by atoms with Gasteiger partial charge in [0.2, 0.25) is 0 Å². The summed E-state index contributed by atoms with van der Waals surface area (Å²) in [5, 5.41) is 24.3. The molecule has 6 heteroatoms. The average Bonchev–Trinajstić information content (AvgIpc) is 2.70. The number of nitriles is 1. The number of carboxylic acid groups (broad SMARTS) is 1. The minimum atomic E-state index is -1.03. The highest BCUT2D eigenvalue weighted by atomic mass is 16.4. The largest absolute Gasteiger partial charge is 0.478 e. The summed E-state index contributed by atoms with van der Waals surface area (Å²) in [4.78, 5) is 23.6. The number of benzene rings is 1. The number of carbonyl (C=O) groups excluding carboxylic acids is 1. The van der Waals surface area contributed by atoms with Crippen LogP contribution >= 0.6 is 0 Å². The summed E-state index contributed by atoms with van der Waals surface area (Å²) in [7, 11) is 0. The van der Waals surface area contributed by atoms with Gasteiger partial charge in [-0.05, 0) is 31.0 Å². The second-order valence-electron chi connectivity index (χ2n) is 7.63. The van der Waals surface area contributed by atoms with Gasteiger partial charge < -0.3 is 15.7 Å². The number of carboxylic acids is 1. The highest BCUT2D eigenvalue weighted by molar-refractivity contribution is 5.97. The Morgan fingerprint density at radius 2 is 1.59 bits per heavy atom. The van der Waals surface area contributed by atoms with Gasteiger partial charge in [-0.2, -0.15) is 5.26 Å². The van der Waals surface area contributed by atoms with Crippen molar-refractivity contribution < 1.29 is 14.7 Å². The zero-order valence-corrected chi connectivity index (χ0v) is 17.0. The standard InChI is InChI=1S/C23H31N3O3/c24-16-19(17-25-21-14-10-11-18(15-21)23(28)29)22(27)26-20-12-8-6-4-2-1-3-5-7-9-13-20/h10-11,14-15,17,20,25H,1-9,12-13H2,(H,26,27)(H,28,29)/b19-17-. The summed E-state index contributed by atoms with van der Waals surface area (Å²) < 4.78 is 0. The van der Waals surface area contributed by atoms with E-state index in [4.69, 9.17) is 5.11 Å². The Morgan fingerprint density at radius 1 is 1.00 bits per heavy atom. The van der Waals surface area contributed by atoms with Crippen LogP contribution in [-0.4, -0.2) is 23.0 Å². The normalized spacial score (nSPS) is 17.3. The third-order valence-corrected chi connectivity index (χ3v) is 5.30. The van der Waals surface area contributed by atoms with E-state index in [0.29, 0.717) is 5.69 Å². The Balaban J connectivity index is 1.95. The van der Waals surface area contributed by atoms with Crippen molar-refractivity contribution in [3.8, 4) is 6.07 Å². The van der Waals surface area contributed by atoms with Gasteiger partial charge >= 0.3 is 5.97 Å². The first kappa shape index (κ1) is 22.5. The molecule has 0 atom stereocenters. The van der Waals surface area contributed by atoms with E-state index in [1.165, 1.54) is 63.3 Å². The van der Waals surface area contributed by atoms with Crippen LogP contribution in [-0.2, 0) is 4.79 Å². The fourth-order valence-electron chi connectivity index (χ4n) is 3.62. The van der Waals surface area contributed by atoms with Gasteiger partial charge in [-0.25, -0.2) is 4.79 Å². The molecule has 0 radical (unpaired) electrons. The summed E-state index contributed by atoms with van der Waals surface area (Å²) >= 11 is 0. The van der Waals surface area contributed by atoms with Crippen molar-refractivity contribution in [2.24, 2.45) is 0 Å². The van der Waals surface area contributed by atoms with Crippen LogP contribution < -0.4 is 10.6 Å². The number of amides is 1. The van der Waals surface area contributed by atoms with Crippen molar-refractivity contribution in [2.75, 3.05) is 5.32 Å². The van der Waals surface area contributed by atoms with Crippen LogP contribution in [0, 0.1) is 11.3 Å². The lowest BCUT2D eigenvalue weighted by Gasteiger charge is -2.19. The maximum atomic E-state index is 12.6. The molecular weight excluding hydrogens is 366 g/mol. The Labute approximate surface area is 173 Å². The number of aromatic carboxylic acids is 1. The van der Waals surface area contributed by atoms with Crippen molar-refractivity contribution in [1.82, 2.24) is 5.32 Å². The second-order valence-corrected chi connectivity index (χ2v) is 7.63. The van der Waals surface area contributed by atoms with Crippen molar-refractivity contribution in [3.05, 3.63) is 41.6 Å². The maximum Gasteiger partial charge on any atom is 0.335 e. The van der Waals surface area contributed by atoms with Crippen molar-refractivity contribution in [3.63, 3.8) is 0 Å². The lowest BCUT2D eigenvalue weighted by atomic mass is 9.98. The lowest BCUT2D eigenvalue weighted by molar-refractivity contribution is -0.117. The second kappa shape index (κ2) is 12.6. The smallest absolute Gasteiger partial charge is 0.335 e. The van der Waals surface area contributed by atoms with Crippen LogP contribution in [0.4, 0.5) is 5.69 Å². The molecule has 1 aliphatic rings. The van der Waals surface area contributed by atoms with Crippen LogP contribution in [0.3, 0.4) is 0 Å². The molecule has 0 unspecified atom stereocenters. The van der Waals surface area contributed by atoms with Crippen LogP contribution in [0.25, 0.3) is 0 Å². The van der Waals surface area contributed by atoms with E-state index in [-0.39, 0.29) is 23.1 Å². The number of hydrogen-bond acceptors (Lipinski definition) is 4. The van der Waals surface area contributed by atoms with Crippen molar-refractivity contribution in [2.45, 2.75) is 76.7 Å². The number of hydrogen-bond donors (Lipinski definition) is 3. The van der Waals surface area contributed by atoms with Crippen molar-refractivity contribution in [1.29, 1.82) is 5.26 Å². The number of carbonyl (C=O) groups is 2. The van der Waals surface area contributed by atoms with Crippen LogP contribution in [0.1, 0.15) is 81.0 Å². The van der Waals surface area contributed by atoms with E-state index in [2.05, 4.69) is 10.6 Å². The molecule has 1 amide bonds. The summed E-state index contributed by atoms with van der Waals surface area (Å²) in [5.74, 6) is -1.41. The molecule has 156 valence electrons. The molecule has 0 heterocycles. The molecule has 1 aromatic rings. The molecule has 0 bridgehead atoms. The van der Waals surface area contributed by atoms with E-state index in [1.54, 1.807) is 12.1 Å². The average molecular weight is 398 g/mol. The molecule has 1 aliphatic carbocycles. The summed E-state index contributed by atoms with van der Waals surface area (Å²) in [6.07, 6.45) is 14.2. The van der Waals surface area contributed by atoms with Gasteiger partial charge in [0.15, 0.2) is 0 Å². The Bertz CT molecular complexity index is 740. The van der Waals surface area contributed by atoms with Gasteiger partial charge in [0.05, 0.1) is 5.56 Å². The van der Waals surface area contributed by atoms with Crippen LogP contribution in [0.15, 0.2) is 36.0 Å². The van der Waals surface area contributed by atoms with Crippen LogP contribution in [0.5, 0.6) is 0 Å². The van der Waals surface area contributed by atoms with Gasteiger partial charge in [-0.1, -0.05) is 63.9 Å². The third-order valence-electron chi connectivity index (χ3n) is 5.30. The lowest BCUT2D eigenvalue weighted by Crippen LogP contribution is -2.35. The zero-order chi connectivity index (χ0) is 20.9. The van der Waals surface area contributed by atoms with Gasteiger partial charge in [0.25, 0.3) is 5.91 Å². The summed E-state index contributed by atoms with van der Waals surface area (Å²) in [6, 6.07) is 8.26. The molecule has 6 nitrogen and oxygen atoms in total. The molecule has 1 fully saturated rings. The molecule has 0 saturated heterocycles. The number of nitrogens with one attached hydrogen (secondary N) is 2. The fourth-order valence-corrected chi connectivity index (χ4v) is 3.62. The highest BCUT2D eigenvalue weighted by Gasteiger charge is 2.16. The molecule has 1 saturated carbocycles. The van der Waals surface area contributed by atoms with Gasteiger partial charge in [0, 0.05) is 17.9 Å². The Kier molecular flexibility index (Phi) is 9.77. The monoisotopic (exact) mass is 397 g/mol. The van der Waals surface area contributed by atoms with E-state index >= 15 is 0 Å². The SMILES string of the molecule is N#C/C(=C/Nc1cccc(C(=O)O)c1)C(=O)NC1CCCCCCCCCCC1. The first-order chi connectivity index (χ1) is 14.1. The molecule has 0 spiro atoms. The number of rotatable bonds is 5. The first-order valence-electron chi connectivity index (χ1n) is 10.6. The van der Waals surface area contributed by atoms with Crippen molar-refractivity contribution >= 4 is 17.6 Å². The van der Waals surface area contributed by atoms with E-state index < -0.39 is 5.97 Å². The zero-order valence-electron chi connectivity index (χ0n) is 17.0. The maximum absolute atomic E-state index is 12.6. The predicted octanol–water partition coefficient (Wildman–Crippen LogP) is 4.99. The number of nitrogens with zero attached hydrogens (tertiary/aromatic N) is 1. The molecule has 3 N–H and O–H groups in total. The van der Waals surface area contributed by atoms with Crippen LogP contribution in [0.2, 0.25) is 0 Å². The highest BCUT2D eigenvalue weighted by Crippen LogP contribution is 2.17. The molecule has 0 aromatic heterocycles. The quantitative estimate of drug-likeness (QED) is 0.480. The Morgan fingerprint density at radius 3 is 2.14 bits per heavy atom. The summed E-state index contributed by atoms with van der Waals surface area (Å²) in [6.45, 7) is 0. The molecule has 29 heavy (non-hydrogen) atoms. The minimum Gasteiger partial charge on any atom is -0.478 e. The topological polar surface area (TPSA) is 102 Å². The third kappa shape index (κ3) is 8.39. The first-order valence-corrected chi connectivity index (χ1v) is 10.6. The molecular formula is C23H31N3O3. The van der Waals surface area contributed by atoms with E-state index in [0.717, 1.165) is 25.7 Å². The number of anilines is 1.